The van der Waals surface area contributed by atoms with E-state index in [9.17, 15) is 48.9 Å². The zero-order valence-corrected chi connectivity index (χ0v) is 32.7. The van der Waals surface area contributed by atoms with E-state index in [2.05, 4.69) is 23.0 Å². The van der Waals surface area contributed by atoms with Crippen molar-refractivity contribution in [3.63, 3.8) is 0 Å². The Morgan fingerprint density at radius 3 is 2.32 bits per heavy atom. The number of nitrogens with one attached hydrogen (secondary N) is 3. The average Bonchev–Trinajstić information content (AvgIpc) is 3.32. The van der Waals surface area contributed by atoms with Crippen molar-refractivity contribution in [2.24, 2.45) is 0 Å². The Labute approximate surface area is 336 Å². The Bertz CT molecular complexity index is 2070. The van der Waals surface area contributed by atoms with Crippen LogP contribution in [0.3, 0.4) is 0 Å². The first-order chi connectivity index (χ1) is 27.1. The number of aliphatic carboxylic acids is 1. The van der Waals surface area contributed by atoms with Crippen molar-refractivity contribution in [2.75, 3.05) is 39.0 Å². The van der Waals surface area contributed by atoms with Gasteiger partial charge in [-0.05, 0) is 24.6 Å². The van der Waals surface area contributed by atoms with Gasteiger partial charge in [-0.1, -0.05) is 41.9 Å². The number of carbonyl (C=O) groups is 7. The second-order valence-electron chi connectivity index (χ2n) is 15.1. The van der Waals surface area contributed by atoms with E-state index in [4.69, 9.17) is 11.6 Å². The van der Waals surface area contributed by atoms with Gasteiger partial charge in [-0.25, -0.2) is 4.79 Å². The molecule has 5 N–H and O–H groups in total. The molecule has 5 heterocycles. The van der Waals surface area contributed by atoms with Crippen molar-refractivity contribution in [2.45, 2.75) is 68.2 Å². The molecule has 17 nitrogen and oxygen atoms in total. The van der Waals surface area contributed by atoms with E-state index < -0.39 is 70.5 Å². The fourth-order valence-corrected chi connectivity index (χ4v) is 10.5. The summed E-state index contributed by atoms with van der Waals surface area (Å²) in [6, 6.07) is 7.18. The van der Waals surface area contributed by atoms with E-state index in [1.54, 1.807) is 37.3 Å². The standard InChI is InChI=1S/C38H42ClN7O10S/c1-3-43-13-14-44(35(53)34(43)52)38(56)42-27(19-7-5-4-6-8-19)32(50)41-28-33(51)45-29(37(54)55)20(18-57-36(28)45)17-46(2)22-9-10-23(46)16-21(15-22)40-31(49)24-11-12-25(47)30(48)26(24)39/h4-8,11-12,21-23,27-28,36H,3,9-10,13-18H2,1-2H3,(H5-,40,41,42,47,48,49,50,52,53,54,55,56)/t21?,22-,23-,27+,28?,36-,46?/m1/s1. The molecule has 0 spiro atoms. The molecule has 2 bridgehead atoms. The number of thioether (sulfide) groups is 1. The van der Waals surface area contributed by atoms with Crippen molar-refractivity contribution in [1.82, 2.24) is 30.7 Å². The molecule has 5 aliphatic rings. The largest absolute Gasteiger partial charge is 0.543 e. The van der Waals surface area contributed by atoms with Gasteiger partial charge in [0.15, 0.2) is 11.5 Å². The summed E-state index contributed by atoms with van der Waals surface area (Å²) < 4.78 is 0.507. The number of amides is 7. The highest BCUT2D eigenvalue weighted by atomic mass is 35.5. The summed E-state index contributed by atoms with van der Waals surface area (Å²) in [4.78, 5) is 95.0. The van der Waals surface area contributed by atoms with Crippen LogP contribution >= 0.6 is 23.4 Å². The number of quaternary nitrogens is 1. The summed E-state index contributed by atoms with van der Waals surface area (Å²) in [5.41, 5.74) is 0.682. The van der Waals surface area contributed by atoms with Crippen molar-refractivity contribution in [3.8, 4) is 11.5 Å². The third kappa shape index (κ3) is 7.14. The predicted molar refractivity (Wildman–Crippen MR) is 202 cm³/mol. The number of aromatic hydroxyl groups is 2. The molecule has 5 aliphatic heterocycles. The Morgan fingerprint density at radius 2 is 1.67 bits per heavy atom. The summed E-state index contributed by atoms with van der Waals surface area (Å²) in [6.45, 7) is 2.41. The highest BCUT2D eigenvalue weighted by molar-refractivity contribution is 8.00. The third-order valence-electron chi connectivity index (χ3n) is 12.0. The third-order valence-corrected chi connectivity index (χ3v) is 13.7. The van der Waals surface area contributed by atoms with Gasteiger partial charge in [0.1, 0.15) is 24.0 Å². The molecule has 2 aromatic carbocycles. The minimum atomic E-state index is -1.51. The van der Waals surface area contributed by atoms with Gasteiger partial charge in [0, 0.05) is 62.7 Å². The minimum Gasteiger partial charge on any atom is -0.543 e. The lowest BCUT2D eigenvalue weighted by atomic mass is 9.92. The van der Waals surface area contributed by atoms with E-state index in [0.29, 0.717) is 41.6 Å². The van der Waals surface area contributed by atoms with Crippen LogP contribution in [0.2, 0.25) is 5.02 Å². The number of carboxylic acid groups (broad SMARTS) is 1. The van der Waals surface area contributed by atoms with E-state index >= 15 is 0 Å². The summed E-state index contributed by atoms with van der Waals surface area (Å²) in [5.74, 6) is -6.04. The van der Waals surface area contributed by atoms with Gasteiger partial charge in [0.2, 0.25) is 5.91 Å². The summed E-state index contributed by atoms with van der Waals surface area (Å²) in [6.07, 6.45) is 2.87. The number of phenols is 2. The number of likely N-dealkylation sites (N-methyl/N-ethyl adjacent to an activating group) is 2. The number of benzene rings is 2. The number of hydrogen-bond acceptors (Lipinski definition) is 11. The topological polar surface area (TPSA) is 229 Å². The predicted octanol–water partition coefficient (Wildman–Crippen LogP) is 0.167. The molecule has 7 rings (SSSR count). The second kappa shape index (κ2) is 15.5. The molecule has 4 saturated heterocycles. The molecule has 19 heteroatoms. The van der Waals surface area contributed by atoms with Crippen LogP contribution in [0.4, 0.5) is 4.79 Å². The molecule has 302 valence electrons. The fourth-order valence-electron chi connectivity index (χ4n) is 8.87. The van der Waals surface area contributed by atoms with Crippen LogP contribution in [0.25, 0.3) is 0 Å². The van der Waals surface area contributed by atoms with E-state index in [-0.39, 0.29) is 53.3 Å². The molecule has 0 aromatic heterocycles. The maximum absolute atomic E-state index is 13.8. The molecule has 7 amide bonds. The fraction of sp³-hybridized carbons (Fsp3) is 0.447. The zero-order chi connectivity index (χ0) is 40.9. The Hall–Kier alpha value is -5.33. The number of imide groups is 1. The smallest absolute Gasteiger partial charge is 0.325 e. The van der Waals surface area contributed by atoms with Crippen LogP contribution in [-0.2, 0) is 24.0 Å². The van der Waals surface area contributed by atoms with Crippen molar-refractivity contribution in [3.05, 3.63) is 69.9 Å². The quantitative estimate of drug-likeness (QED) is 0.0939. The number of hydrogen-bond donors (Lipinski definition) is 5. The number of fused-ring (bicyclic) bond motifs is 3. The Kier molecular flexibility index (Phi) is 10.9. The van der Waals surface area contributed by atoms with Crippen LogP contribution in [0.15, 0.2) is 53.7 Å². The highest BCUT2D eigenvalue weighted by Gasteiger charge is 2.56. The summed E-state index contributed by atoms with van der Waals surface area (Å²) in [7, 11) is 2.05. The van der Waals surface area contributed by atoms with E-state index in [1.807, 2.05) is 0 Å². The average molecular weight is 824 g/mol. The number of rotatable bonds is 10. The number of halogens is 1. The summed E-state index contributed by atoms with van der Waals surface area (Å²) in [5, 5.41) is 39.6. The van der Waals surface area contributed by atoms with E-state index in [0.717, 1.165) is 22.6 Å². The van der Waals surface area contributed by atoms with Gasteiger partial charge in [-0.2, -0.15) is 0 Å². The van der Waals surface area contributed by atoms with Gasteiger partial charge < -0.3 is 45.4 Å². The molecular formula is C38H42ClN7O10S. The van der Waals surface area contributed by atoms with Crippen LogP contribution in [0.5, 0.6) is 11.5 Å². The van der Waals surface area contributed by atoms with Crippen LogP contribution < -0.4 is 21.1 Å². The van der Waals surface area contributed by atoms with Crippen molar-refractivity contribution < 1.29 is 53.4 Å². The van der Waals surface area contributed by atoms with Gasteiger partial charge in [0.05, 0.1) is 41.4 Å². The van der Waals surface area contributed by atoms with Crippen molar-refractivity contribution in [1.29, 1.82) is 0 Å². The molecule has 57 heavy (non-hydrogen) atoms. The number of nitrogens with zero attached hydrogens (tertiary/aromatic N) is 4. The number of carbonyl (C=O) groups excluding carboxylic acids is 7. The van der Waals surface area contributed by atoms with Crippen LogP contribution in [0, 0.1) is 0 Å². The number of carboxylic acids is 1. The minimum absolute atomic E-state index is 0.0314. The van der Waals surface area contributed by atoms with Gasteiger partial charge in [0.25, 0.3) is 11.8 Å². The van der Waals surface area contributed by atoms with Crippen LogP contribution in [0.1, 0.15) is 54.6 Å². The van der Waals surface area contributed by atoms with Crippen LogP contribution in [-0.4, -0.2) is 139 Å². The maximum Gasteiger partial charge on any atom is 0.325 e. The lowest BCUT2D eigenvalue weighted by Gasteiger charge is -2.53. The number of piperazine rings is 1. The zero-order valence-electron chi connectivity index (χ0n) is 31.1. The molecular weight excluding hydrogens is 782 g/mol. The normalized spacial score (nSPS) is 27.4. The molecule has 0 aliphatic carbocycles. The Balaban J connectivity index is 1.03. The molecule has 1 unspecified atom stereocenters. The highest BCUT2D eigenvalue weighted by Crippen LogP contribution is 2.46. The van der Waals surface area contributed by atoms with Gasteiger partial charge in [-0.3, -0.25) is 33.8 Å². The lowest BCUT2D eigenvalue weighted by Crippen LogP contribution is -2.72. The molecule has 0 saturated carbocycles. The SMILES string of the molecule is CCN1CCN(C(=O)N[C@H](C(=O)NC2C(=O)N3C(C(=O)[O-])=C(C[N+]4(C)[C@@H]5CC[C@@H]4CC(NC(=O)c4ccc(O)c(O)c4Cl)C5)CS[C@H]23)c2ccccc2)C(=O)C1=O. The number of piperidine rings is 1. The second-order valence-corrected chi connectivity index (χ2v) is 16.6. The maximum atomic E-state index is 13.8. The molecule has 0 radical (unpaired) electrons. The number of phenolic OH excluding ortho intramolecular Hbond substituents is 2. The first kappa shape index (κ1) is 39.9. The van der Waals surface area contributed by atoms with Gasteiger partial charge in [-0.15, -0.1) is 11.8 Å². The first-order valence-electron chi connectivity index (χ1n) is 18.6. The molecule has 5 atom stereocenters. The van der Waals surface area contributed by atoms with Gasteiger partial charge >= 0.3 is 17.8 Å². The van der Waals surface area contributed by atoms with Crippen molar-refractivity contribution >= 4 is 64.9 Å². The first-order valence-corrected chi connectivity index (χ1v) is 20.1. The molecule has 2 aromatic rings. The number of urea groups is 1. The summed E-state index contributed by atoms with van der Waals surface area (Å²) >= 11 is 7.43. The van der Waals surface area contributed by atoms with E-state index in [1.165, 1.54) is 28.8 Å². The Morgan fingerprint density at radius 1 is 0.982 bits per heavy atom. The monoisotopic (exact) mass is 823 g/mol. The molecule has 4 fully saturated rings. The number of β-lactam (4-membered cyclic amide) rings is 1. The lowest BCUT2D eigenvalue weighted by molar-refractivity contribution is -0.944.